The molecule has 0 aromatic heterocycles. The number of rotatable bonds is 3. The van der Waals surface area contributed by atoms with Gasteiger partial charge < -0.3 is 11.1 Å². The predicted octanol–water partition coefficient (Wildman–Crippen LogP) is 1.97. The summed E-state index contributed by atoms with van der Waals surface area (Å²) in [7, 11) is -3.73. The van der Waals surface area contributed by atoms with Crippen molar-refractivity contribution in [2.24, 2.45) is 5.14 Å². The molecular weight excluding hydrogens is 262 g/mol. The van der Waals surface area contributed by atoms with Gasteiger partial charge >= 0.3 is 0 Å². The SMILES string of the molecule is Cc1cccc(Nc2ccc(S(N)(=O)=O)cc2N)c1. The van der Waals surface area contributed by atoms with Gasteiger partial charge in [0.25, 0.3) is 0 Å². The Bertz CT molecular complexity index is 712. The number of nitrogen functional groups attached to an aromatic ring is 1. The van der Waals surface area contributed by atoms with Crippen LogP contribution in [0.2, 0.25) is 0 Å². The summed E-state index contributed by atoms with van der Waals surface area (Å²) in [5.41, 5.74) is 8.79. The molecule has 5 nitrogen and oxygen atoms in total. The van der Waals surface area contributed by atoms with E-state index in [0.717, 1.165) is 11.3 Å². The standard InChI is InChI=1S/C13H15N3O2S/c1-9-3-2-4-10(7-9)16-13-6-5-11(8-12(13)14)19(15,17)18/h2-8,16H,14H2,1H3,(H2,15,17,18). The highest BCUT2D eigenvalue weighted by atomic mass is 32.2. The lowest BCUT2D eigenvalue weighted by atomic mass is 10.2. The van der Waals surface area contributed by atoms with E-state index in [0.29, 0.717) is 11.4 Å². The van der Waals surface area contributed by atoms with Crippen molar-refractivity contribution in [2.75, 3.05) is 11.1 Å². The predicted molar refractivity (Wildman–Crippen MR) is 76.7 cm³/mol. The molecule has 19 heavy (non-hydrogen) atoms. The van der Waals surface area contributed by atoms with Crippen LogP contribution in [0.3, 0.4) is 0 Å². The van der Waals surface area contributed by atoms with Gasteiger partial charge in [-0.25, -0.2) is 13.6 Å². The molecule has 2 aromatic carbocycles. The molecule has 0 amide bonds. The molecule has 0 aliphatic carbocycles. The molecule has 0 radical (unpaired) electrons. The lowest BCUT2D eigenvalue weighted by Crippen LogP contribution is -2.12. The van der Waals surface area contributed by atoms with Crippen molar-refractivity contribution in [3.05, 3.63) is 48.0 Å². The normalized spacial score (nSPS) is 11.3. The molecule has 0 spiro atoms. The Morgan fingerprint density at radius 2 is 1.84 bits per heavy atom. The fourth-order valence-corrected chi connectivity index (χ4v) is 2.26. The first-order valence-corrected chi connectivity index (χ1v) is 7.17. The minimum Gasteiger partial charge on any atom is -0.397 e. The number of primary sulfonamides is 1. The van der Waals surface area contributed by atoms with Gasteiger partial charge in [-0.15, -0.1) is 0 Å². The summed E-state index contributed by atoms with van der Waals surface area (Å²) in [6, 6.07) is 12.1. The number of aryl methyl sites for hydroxylation is 1. The number of sulfonamides is 1. The molecule has 0 atom stereocenters. The Balaban J connectivity index is 2.32. The number of hydrogen-bond donors (Lipinski definition) is 3. The summed E-state index contributed by atoms with van der Waals surface area (Å²) in [6.45, 7) is 1.98. The van der Waals surface area contributed by atoms with Crippen LogP contribution in [0, 0.1) is 6.92 Å². The first-order valence-electron chi connectivity index (χ1n) is 5.62. The average Bonchev–Trinajstić information content (AvgIpc) is 2.30. The zero-order valence-electron chi connectivity index (χ0n) is 10.4. The summed E-state index contributed by atoms with van der Waals surface area (Å²) in [6.07, 6.45) is 0. The number of benzene rings is 2. The third-order valence-electron chi connectivity index (χ3n) is 2.65. The van der Waals surface area contributed by atoms with Crippen molar-refractivity contribution < 1.29 is 8.42 Å². The van der Waals surface area contributed by atoms with E-state index >= 15 is 0 Å². The van der Waals surface area contributed by atoms with Crippen molar-refractivity contribution in [1.82, 2.24) is 0 Å². The van der Waals surface area contributed by atoms with E-state index in [1.165, 1.54) is 12.1 Å². The van der Waals surface area contributed by atoms with E-state index in [-0.39, 0.29) is 4.90 Å². The van der Waals surface area contributed by atoms with E-state index in [1.54, 1.807) is 6.07 Å². The zero-order chi connectivity index (χ0) is 14.0. The maximum Gasteiger partial charge on any atom is 0.238 e. The maximum atomic E-state index is 11.2. The topological polar surface area (TPSA) is 98.2 Å². The van der Waals surface area contributed by atoms with Gasteiger partial charge in [0.05, 0.1) is 16.3 Å². The molecule has 0 heterocycles. The number of nitrogens with two attached hydrogens (primary N) is 2. The highest BCUT2D eigenvalue weighted by molar-refractivity contribution is 7.89. The van der Waals surface area contributed by atoms with Gasteiger partial charge in [0.1, 0.15) is 0 Å². The van der Waals surface area contributed by atoms with E-state index in [1.807, 2.05) is 31.2 Å². The monoisotopic (exact) mass is 277 g/mol. The molecule has 0 unspecified atom stereocenters. The largest absolute Gasteiger partial charge is 0.397 e. The molecule has 2 rings (SSSR count). The lowest BCUT2D eigenvalue weighted by Gasteiger charge is -2.11. The molecule has 6 heteroatoms. The van der Waals surface area contributed by atoms with Gasteiger partial charge in [0, 0.05) is 5.69 Å². The van der Waals surface area contributed by atoms with Crippen molar-refractivity contribution >= 4 is 27.1 Å². The maximum absolute atomic E-state index is 11.2. The van der Waals surface area contributed by atoms with Crippen molar-refractivity contribution in [3.63, 3.8) is 0 Å². The van der Waals surface area contributed by atoms with Crippen molar-refractivity contribution in [3.8, 4) is 0 Å². The van der Waals surface area contributed by atoms with Crippen LogP contribution in [0.5, 0.6) is 0 Å². The smallest absolute Gasteiger partial charge is 0.238 e. The van der Waals surface area contributed by atoms with Crippen LogP contribution in [0.1, 0.15) is 5.56 Å². The van der Waals surface area contributed by atoms with E-state index < -0.39 is 10.0 Å². The molecule has 0 saturated carbocycles. The van der Waals surface area contributed by atoms with E-state index in [4.69, 9.17) is 10.9 Å². The summed E-state index contributed by atoms with van der Waals surface area (Å²) >= 11 is 0. The van der Waals surface area contributed by atoms with Crippen molar-refractivity contribution in [1.29, 1.82) is 0 Å². The fraction of sp³-hybridized carbons (Fsp3) is 0.0769. The summed E-state index contributed by atoms with van der Waals surface area (Å²) in [5, 5.41) is 8.18. The number of anilines is 3. The van der Waals surface area contributed by atoms with Crippen molar-refractivity contribution in [2.45, 2.75) is 11.8 Å². The van der Waals surface area contributed by atoms with Gasteiger partial charge in [-0.05, 0) is 42.8 Å². The minimum absolute atomic E-state index is 0.000192. The third-order valence-corrected chi connectivity index (χ3v) is 3.56. The van der Waals surface area contributed by atoms with Crippen LogP contribution in [0.25, 0.3) is 0 Å². The number of hydrogen-bond acceptors (Lipinski definition) is 4. The Kier molecular flexibility index (Phi) is 3.46. The molecule has 0 aliphatic rings. The molecule has 5 N–H and O–H groups in total. The Hall–Kier alpha value is -2.05. The molecule has 2 aromatic rings. The van der Waals surface area contributed by atoms with Crippen LogP contribution >= 0.6 is 0 Å². The zero-order valence-corrected chi connectivity index (χ0v) is 11.2. The Labute approximate surface area is 112 Å². The van der Waals surface area contributed by atoms with E-state index in [2.05, 4.69) is 5.32 Å². The van der Waals surface area contributed by atoms with Gasteiger partial charge in [-0.1, -0.05) is 12.1 Å². The van der Waals surface area contributed by atoms with Crippen LogP contribution in [0.4, 0.5) is 17.1 Å². The molecule has 0 saturated heterocycles. The fourth-order valence-electron chi connectivity index (χ4n) is 1.71. The summed E-state index contributed by atoms with van der Waals surface area (Å²) in [5.74, 6) is 0. The van der Waals surface area contributed by atoms with Crippen LogP contribution in [-0.2, 0) is 10.0 Å². The summed E-state index contributed by atoms with van der Waals surface area (Å²) in [4.78, 5) is -0.000192. The molecular formula is C13H15N3O2S. The summed E-state index contributed by atoms with van der Waals surface area (Å²) < 4.78 is 22.4. The average molecular weight is 277 g/mol. The first kappa shape index (κ1) is 13.4. The molecule has 0 aliphatic heterocycles. The molecule has 0 fully saturated rings. The first-order chi connectivity index (χ1) is 8.86. The van der Waals surface area contributed by atoms with E-state index in [9.17, 15) is 8.42 Å². The van der Waals surface area contributed by atoms with Gasteiger partial charge in [0.15, 0.2) is 0 Å². The Morgan fingerprint density at radius 3 is 2.42 bits per heavy atom. The minimum atomic E-state index is -3.73. The highest BCUT2D eigenvalue weighted by Crippen LogP contribution is 2.25. The second-order valence-electron chi connectivity index (χ2n) is 4.29. The number of nitrogens with one attached hydrogen (secondary N) is 1. The van der Waals surface area contributed by atoms with Crippen LogP contribution in [-0.4, -0.2) is 8.42 Å². The van der Waals surface area contributed by atoms with Crippen LogP contribution < -0.4 is 16.2 Å². The second-order valence-corrected chi connectivity index (χ2v) is 5.85. The van der Waals surface area contributed by atoms with Gasteiger partial charge in [0.2, 0.25) is 10.0 Å². The molecule has 100 valence electrons. The van der Waals surface area contributed by atoms with Gasteiger partial charge in [-0.3, -0.25) is 0 Å². The third kappa shape index (κ3) is 3.24. The molecule has 0 bridgehead atoms. The Morgan fingerprint density at radius 1 is 1.11 bits per heavy atom. The lowest BCUT2D eigenvalue weighted by molar-refractivity contribution is 0.598. The highest BCUT2D eigenvalue weighted by Gasteiger charge is 2.10. The quantitative estimate of drug-likeness (QED) is 0.747. The van der Waals surface area contributed by atoms with Crippen LogP contribution in [0.15, 0.2) is 47.4 Å². The van der Waals surface area contributed by atoms with Gasteiger partial charge in [-0.2, -0.15) is 0 Å². The second kappa shape index (κ2) is 4.91.